The first-order valence-corrected chi connectivity index (χ1v) is 12.7. The van der Waals surface area contributed by atoms with Crippen molar-refractivity contribution in [2.24, 2.45) is 11.3 Å². The molecule has 1 amide bonds. The summed E-state index contributed by atoms with van der Waals surface area (Å²) >= 11 is 0. The van der Waals surface area contributed by atoms with Gasteiger partial charge in [-0.1, -0.05) is 51.7 Å². The maximum atomic E-state index is 14.0. The van der Waals surface area contributed by atoms with Gasteiger partial charge >= 0.3 is 0 Å². The summed E-state index contributed by atoms with van der Waals surface area (Å²) in [6, 6.07) is 6.31. The molecule has 0 bridgehead atoms. The van der Waals surface area contributed by atoms with Gasteiger partial charge < -0.3 is 20.8 Å². The summed E-state index contributed by atoms with van der Waals surface area (Å²) in [5.74, 6) is 6.68. The molecule has 3 heterocycles. The van der Waals surface area contributed by atoms with E-state index in [1.807, 2.05) is 25.2 Å². The van der Waals surface area contributed by atoms with Crippen molar-refractivity contribution in [1.29, 1.82) is 0 Å². The number of amides is 1. The Morgan fingerprint density at radius 2 is 2.00 bits per heavy atom. The van der Waals surface area contributed by atoms with Crippen molar-refractivity contribution in [3.63, 3.8) is 0 Å². The second-order valence-corrected chi connectivity index (χ2v) is 12.0. The van der Waals surface area contributed by atoms with Gasteiger partial charge in [-0.25, -0.2) is 0 Å². The summed E-state index contributed by atoms with van der Waals surface area (Å²) in [7, 11) is 1.92. The van der Waals surface area contributed by atoms with Crippen molar-refractivity contribution in [2.75, 3.05) is 18.9 Å². The number of piperidine rings is 2. The standard InChI is InChI=1S/C28H39N3O3/c1-17(2)10-11-19-8-7-9-22-23(19)30-24(33)27(22)15-26(29-6)16-31-18(3)12-21(32)13-20(31)14-28(26,34)25(27,4)5/h7-9,17-18,20-21,29,32,34H,12-16H2,1-6H3,(H,30,33)/t18-,20+,21+,26+,27-,28-/m0/s1. The van der Waals surface area contributed by atoms with Crippen LogP contribution in [0.2, 0.25) is 0 Å². The average Bonchev–Trinajstić information content (AvgIpc) is 3.13. The molecule has 2 saturated heterocycles. The summed E-state index contributed by atoms with van der Waals surface area (Å²) in [5, 5.41) is 29.9. The van der Waals surface area contributed by atoms with E-state index in [0.717, 1.165) is 23.2 Å². The third kappa shape index (κ3) is 2.82. The van der Waals surface area contributed by atoms with Crippen LogP contribution in [0.3, 0.4) is 0 Å². The van der Waals surface area contributed by atoms with Gasteiger partial charge in [-0.3, -0.25) is 9.69 Å². The lowest BCUT2D eigenvalue weighted by Crippen LogP contribution is -2.75. The fourth-order valence-corrected chi connectivity index (χ4v) is 7.86. The van der Waals surface area contributed by atoms with Crippen LogP contribution in [0.5, 0.6) is 0 Å². The molecule has 1 aromatic carbocycles. The molecule has 1 aromatic rings. The average molecular weight is 466 g/mol. The van der Waals surface area contributed by atoms with Gasteiger partial charge in [0.25, 0.3) is 0 Å². The summed E-state index contributed by atoms with van der Waals surface area (Å²) < 4.78 is 0. The minimum atomic E-state index is -1.13. The van der Waals surface area contributed by atoms with Crippen LogP contribution < -0.4 is 10.6 Å². The highest BCUT2D eigenvalue weighted by atomic mass is 16.3. The van der Waals surface area contributed by atoms with Crippen molar-refractivity contribution < 1.29 is 15.0 Å². The van der Waals surface area contributed by atoms with E-state index in [0.29, 0.717) is 25.8 Å². The van der Waals surface area contributed by atoms with Crippen LogP contribution in [0.25, 0.3) is 0 Å². The number of hydrogen-bond acceptors (Lipinski definition) is 5. The molecule has 34 heavy (non-hydrogen) atoms. The number of para-hydroxylation sites is 1. The van der Waals surface area contributed by atoms with E-state index in [1.165, 1.54) is 0 Å². The number of carbonyl (C=O) groups excluding carboxylic acids is 1. The Morgan fingerprint density at radius 1 is 1.26 bits per heavy atom. The Balaban J connectivity index is 1.67. The van der Waals surface area contributed by atoms with Gasteiger partial charge in [0, 0.05) is 35.5 Å². The van der Waals surface area contributed by atoms with Gasteiger partial charge in [-0.05, 0) is 51.3 Å². The summed E-state index contributed by atoms with van der Waals surface area (Å²) in [6.45, 7) is 11.0. The zero-order valence-corrected chi connectivity index (χ0v) is 21.3. The third-order valence-electron chi connectivity index (χ3n) is 9.76. The molecule has 184 valence electrons. The van der Waals surface area contributed by atoms with Gasteiger partial charge in [0.05, 0.1) is 28.3 Å². The molecule has 1 aliphatic carbocycles. The highest BCUT2D eigenvalue weighted by Gasteiger charge is 2.79. The van der Waals surface area contributed by atoms with Crippen molar-refractivity contribution >= 4 is 11.6 Å². The van der Waals surface area contributed by atoms with E-state index >= 15 is 0 Å². The quantitative estimate of drug-likeness (QED) is 0.479. The number of aliphatic hydroxyl groups excluding tert-OH is 1. The van der Waals surface area contributed by atoms with Gasteiger partial charge in [0.15, 0.2) is 0 Å². The minimum absolute atomic E-state index is 0.0465. The fraction of sp³-hybridized carbons (Fsp3) is 0.679. The number of hydrogen-bond donors (Lipinski definition) is 4. The van der Waals surface area contributed by atoms with E-state index in [-0.39, 0.29) is 30.0 Å². The van der Waals surface area contributed by atoms with Gasteiger partial charge in [-0.15, -0.1) is 0 Å². The minimum Gasteiger partial charge on any atom is -0.393 e. The van der Waals surface area contributed by atoms with E-state index < -0.39 is 22.0 Å². The number of rotatable bonds is 1. The smallest absolute Gasteiger partial charge is 0.235 e. The van der Waals surface area contributed by atoms with Gasteiger partial charge in [0.2, 0.25) is 5.91 Å². The normalized spacial score (nSPS) is 40.4. The molecule has 0 unspecified atom stereocenters. The van der Waals surface area contributed by atoms with E-state index in [2.05, 4.69) is 62.0 Å². The molecule has 0 aromatic heterocycles. The second kappa shape index (κ2) is 7.54. The van der Waals surface area contributed by atoms with Crippen LogP contribution in [-0.2, 0) is 10.2 Å². The third-order valence-corrected chi connectivity index (χ3v) is 9.76. The van der Waals surface area contributed by atoms with Gasteiger partial charge in [-0.2, -0.15) is 0 Å². The largest absolute Gasteiger partial charge is 0.393 e. The number of carbonyl (C=O) groups is 1. The molecule has 5 rings (SSSR count). The molecule has 3 aliphatic heterocycles. The van der Waals surface area contributed by atoms with Crippen LogP contribution in [0, 0.1) is 23.2 Å². The van der Waals surface area contributed by atoms with E-state index in [9.17, 15) is 15.0 Å². The molecule has 4 aliphatic rings. The number of fused-ring (bicyclic) bond motifs is 4. The summed E-state index contributed by atoms with van der Waals surface area (Å²) in [5.41, 5.74) is -0.841. The van der Waals surface area contributed by atoms with Crippen molar-refractivity contribution in [3.8, 4) is 11.8 Å². The molecule has 0 radical (unpaired) electrons. The number of nitrogens with zero attached hydrogens (tertiary/aromatic N) is 1. The van der Waals surface area contributed by atoms with Crippen molar-refractivity contribution in [2.45, 2.75) is 95.0 Å². The first-order valence-electron chi connectivity index (χ1n) is 12.7. The van der Waals surface area contributed by atoms with E-state index in [4.69, 9.17) is 0 Å². The molecule has 1 spiro atoms. The first-order chi connectivity index (χ1) is 15.9. The first kappa shape index (κ1) is 23.8. The van der Waals surface area contributed by atoms with Crippen molar-refractivity contribution in [1.82, 2.24) is 10.2 Å². The predicted octanol–water partition coefficient (Wildman–Crippen LogP) is 2.62. The number of nitrogens with one attached hydrogen (secondary N) is 2. The highest BCUT2D eigenvalue weighted by Crippen LogP contribution is 2.69. The van der Waals surface area contributed by atoms with Crippen LogP contribution in [-0.4, -0.2) is 63.9 Å². The topological polar surface area (TPSA) is 84.8 Å². The zero-order chi connectivity index (χ0) is 24.7. The Hall–Kier alpha value is -1.91. The number of aliphatic hydroxyl groups is 2. The lowest BCUT2D eigenvalue weighted by atomic mass is 9.57. The van der Waals surface area contributed by atoms with Crippen molar-refractivity contribution in [3.05, 3.63) is 29.3 Å². The van der Waals surface area contributed by atoms with Crippen LogP contribution in [0.4, 0.5) is 5.69 Å². The summed E-state index contributed by atoms with van der Waals surface area (Å²) in [6.07, 6.45) is 2.09. The molecule has 3 fully saturated rings. The molecule has 6 atom stereocenters. The Kier molecular flexibility index (Phi) is 5.28. The fourth-order valence-electron chi connectivity index (χ4n) is 7.86. The molecular weight excluding hydrogens is 426 g/mol. The Labute approximate surface area is 203 Å². The number of benzene rings is 1. The lowest BCUT2D eigenvalue weighted by Gasteiger charge is -2.60. The lowest BCUT2D eigenvalue weighted by molar-refractivity contribution is -0.177. The molecule has 1 saturated carbocycles. The van der Waals surface area contributed by atoms with Crippen LogP contribution in [0.1, 0.15) is 71.4 Å². The Morgan fingerprint density at radius 3 is 2.68 bits per heavy atom. The zero-order valence-electron chi connectivity index (χ0n) is 21.3. The van der Waals surface area contributed by atoms with E-state index in [1.54, 1.807) is 0 Å². The molecule has 4 N–H and O–H groups in total. The van der Waals surface area contributed by atoms with Crippen LogP contribution >= 0.6 is 0 Å². The highest BCUT2D eigenvalue weighted by molar-refractivity contribution is 6.09. The Bertz CT molecular complexity index is 1090. The molecule has 6 nitrogen and oxygen atoms in total. The molecular formula is C28H39N3O3. The maximum absolute atomic E-state index is 14.0. The summed E-state index contributed by atoms with van der Waals surface area (Å²) in [4.78, 5) is 16.4. The second-order valence-electron chi connectivity index (χ2n) is 12.0. The number of likely N-dealkylation sites (N-methyl/N-ethyl adjacent to an activating group) is 1. The molecule has 6 heteroatoms. The number of anilines is 1. The van der Waals surface area contributed by atoms with Gasteiger partial charge in [0.1, 0.15) is 0 Å². The SMILES string of the molecule is CN[C@]12CN3[C@H](C[C@H](O)C[C@@H]3C)C[C@]1(O)C(C)(C)[C@]1(C2)C(=O)Nc2c(C#CC(C)C)cccc21. The van der Waals surface area contributed by atoms with Crippen LogP contribution in [0.15, 0.2) is 18.2 Å². The monoisotopic (exact) mass is 465 g/mol. The predicted molar refractivity (Wildman–Crippen MR) is 133 cm³/mol. The maximum Gasteiger partial charge on any atom is 0.235 e.